The monoisotopic (exact) mass is 259 g/mol. The number of halogens is 1. The smallest absolute Gasteiger partial charge is 0.123 e. The van der Waals surface area contributed by atoms with Crippen LogP contribution in [-0.4, -0.2) is 16.3 Å². The Morgan fingerprint density at radius 2 is 2.32 bits per heavy atom. The van der Waals surface area contributed by atoms with Gasteiger partial charge in [0.1, 0.15) is 5.82 Å². The maximum atomic E-state index is 13.0. The van der Waals surface area contributed by atoms with Gasteiger partial charge >= 0.3 is 0 Å². The molecule has 1 N–H and O–H groups in total. The predicted octanol–water partition coefficient (Wildman–Crippen LogP) is 2.76. The molecular formula is C15H18FN3. The number of hydrogen-bond donors (Lipinski definition) is 1. The highest BCUT2D eigenvalue weighted by atomic mass is 19.1. The lowest BCUT2D eigenvalue weighted by Gasteiger charge is -2.06. The van der Waals surface area contributed by atoms with E-state index < -0.39 is 0 Å². The number of rotatable bonds is 6. The minimum atomic E-state index is -0.175. The number of nitrogens with zero attached hydrogens (tertiary/aromatic N) is 2. The second kappa shape index (κ2) is 6.29. The molecule has 0 unspecified atom stereocenters. The van der Waals surface area contributed by atoms with Crippen LogP contribution in [0.25, 0.3) is 6.20 Å². The summed E-state index contributed by atoms with van der Waals surface area (Å²) in [5.41, 5.74) is 3.30. The molecule has 0 aliphatic heterocycles. The van der Waals surface area contributed by atoms with Crippen molar-refractivity contribution in [3.05, 3.63) is 59.7 Å². The molecule has 2 rings (SSSR count). The molecule has 0 spiro atoms. The Hall–Kier alpha value is -1.94. The molecule has 0 fully saturated rings. The highest BCUT2D eigenvalue weighted by molar-refractivity contribution is 5.26. The van der Waals surface area contributed by atoms with E-state index in [1.165, 1.54) is 11.6 Å². The molecule has 0 aliphatic rings. The predicted molar refractivity (Wildman–Crippen MR) is 75.2 cm³/mol. The van der Waals surface area contributed by atoms with Crippen LogP contribution in [0.4, 0.5) is 4.39 Å². The zero-order valence-corrected chi connectivity index (χ0v) is 11.1. The summed E-state index contributed by atoms with van der Waals surface area (Å²) in [7, 11) is 0. The van der Waals surface area contributed by atoms with Crippen LogP contribution in [0.2, 0.25) is 0 Å². The third kappa shape index (κ3) is 3.76. The first-order valence-corrected chi connectivity index (χ1v) is 6.30. The van der Waals surface area contributed by atoms with Gasteiger partial charge in [-0.3, -0.25) is 0 Å². The first-order valence-electron chi connectivity index (χ1n) is 6.30. The Morgan fingerprint density at radius 3 is 3.00 bits per heavy atom. The quantitative estimate of drug-likeness (QED) is 0.808. The molecule has 0 bridgehead atoms. The molecule has 4 heteroatoms. The average Bonchev–Trinajstić information content (AvgIpc) is 2.84. The normalized spacial score (nSPS) is 10.6. The summed E-state index contributed by atoms with van der Waals surface area (Å²) in [6, 6.07) is 4.93. The van der Waals surface area contributed by atoms with E-state index in [-0.39, 0.29) is 5.82 Å². The third-order valence-electron chi connectivity index (χ3n) is 3.05. The van der Waals surface area contributed by atoms with E-state index in [2.05, 4.69) is 17.0 Å². The van der Waals surface area contributed by atoms with Crippen molar-refractivity contribution in [1.82, 2.24) is 15.1 Å². The molecule has 1 aromatic heterocycles. The van der Waals surface area contributed by atoms with Crippen molar-refractivity contribution < 1.29 is 4.39 Å². The van der Waals surface area contributed by atoms with E-state index >= 15 is 0 Å². The highest BCUT2D eigenvalue weighted by Gasteiger charge is 2.00. The topological polar surface area (TPSA) is 29.9 Å². The summed E-state index contributed by atoms with van der Waals surface area (Å²) in [6.45, 7) is 7.21. The van der Waals surface area contributed by atoms with E-state index in [9.17, 15) is 4.39 Å². The Bertz CT molecular complexity index is 560. The molecule has 1 aromatic carbocycles. The van der Waals surface area contributed by atoms with Gasteiger partial charge in [-0.2, -0.15) is 5.10 Å². The highest BCUT2D eigenvalue weighted by Crippen LogP contribution is 2.10. The summed E-state index contributed by atoms with van der Waals surface area (Å²) in [6.07, 6.45) is 6.30. The lowest BCUT2D eigenvalue weighted by atomic mass is 10.1. The van der Waals surface area contributed by atoms with Crippen molar-refractivity contribution in [2.45, 2.75) is 19.9 Å². The lowest BCUT2D eigenvalue weighted by Crippen LogP contribution is -2.16. The Kier molecular flexibility index (Phi) is 4.47. The number of aryl methyl sites for hydroxylation is 1. The van der Waals surface area contributed by atoms with Crippen molar-refractivity contribution in [2.75, 3.05) is 6.54 Å². The summed E-state index contributed by atoms with van der Waals surface area (Å²) in [5.74, 6) is -0.175. The van der Waals surface area contributed by atoms with Crippen LogP contribution in [0.3, 0.4) is 0 Å². The Labute approximate surface area is 112 Å². The van der Waals surface area contributed by atoms with Gasteiger partial charge in [-0.1, -0.05) is 12.6 Å². The Morgan fingerprint density at radius 1 is 1.47 bits per heavy atom. The van der Waals surface area contributed by atoms with Crippen molar-refractivity contribution >= 4 is 6.20 Å². The molecular weight excluding hydrogens is 241 g/mol. The molecule has 0 aliphatic carbocycles. The number of hydrogen-bond acceptors (Lipinski definition) is 2. The van der Waals surface area contributed by atoms with Crippen molar-refractivity contribution in [1.29, 1.82) is 0 Å². The summed E-state index contributed by atoms with van der Waals surface area (Å²) in [5, 5.41) is 7.46. The Balaban J connectivity index is 1.78. The van der Waals surface area contributed by atoms with Gasteiger partial charge in [0.25, 0.3) is 0 Å². The van der Waals surface area contributed by atoms with Crippen LogP contribution < -0.4 is 5.32 Å². The van der Waals surface area contributed by atoms with Gasteiger partial charge in [0.05, 0.1) is 6.20 Å². The third-order valence-corrected chi connectivity index (χ3v) is 3.05. The second-order valence-electron chi connectivity index (χ2n) is 4.51. The standard InChI is InChI=1S/C15H18FN3/c1-3-19-11-13(10-18-19)9-17-7-6-14-4-5-15(16)8-12(14)2/h3-5,8,10-11,17H,1,6-7,9H2,2H3. The van der Waals surface area contributed by atoms with E-state index in [1.54, 1.807) is 16.9 Å². The largest absolute Gasteiger partial charge is 0.312 e. The first kappa shape index (κ1) is 13.5. The average molecular weight is 259 g/mol. The summed E-state index contributed by atoms with van der Waals surface area (Å²) < 4.78 is 14.6. The lowest BCUT2D eigenvalue weighted by molar-refractivity contribution is 0.624. The number of aromatic nitrogens is 2. The summed E-state index contributed by atoms with van der Waals surface area (Å²) >= 11 is 0. The first-order chi connectivity index (χ1) is 9.19. The molecule has 1 heterocycles. The van der Waals surface area contributed by atoms with Gasteiger partial charge in [0.2, 0.25) is 0 Å². The maximum Gasteiger partial charge on any atom is 0.123 e. The molecule has 0 amide bonds. The van der Waals surface area contributed by atoms with Crippen LogP contribution in [-0.2, 0) is 13.0 Å². The van der Waals surface area contributed by atoms with E-state index in [0.717, 1.165) is 30.6 Å². The fraction of sp³-hybridized carbons (Fsp3) is 0.267. The van der Waals surface area contributed by atoms with Gasteiger partial charge in [-0.15, -0.1) is 0 Å². The zero-order chi connectivity index (χ0) is 13.7. The van der Waals surface area contributed by atoms with E-state index in [4.69, 9.17) is 0 Å². The molecule has 3 nitrogen and oxygen atoms in total. The van der Waals surface area contributed by atoms with Crippen molar-refractivity contribution in [3.8, 4) is 0 Å². The van der Waals surface area contributed by atoms with Gasteiger partial charge in [0, 0.05) is 24.5 Å². The van der Waals surface area contributed by atoms with Crippen LogP contribution in [0.5, 0.6) is 0 Å². The van der Waals surface area contributed by atoms with Crippen LogP contribution in [0, 0.1) is 12.7 Å². The number of benzene rings is 1. The molecule has 0 radical (unpaired) electrons. The fourth-order valence-corrected chi connectivity index (χ4v) is 1.96. The SMILES string of the molecule is C=Cn1cc(CNCCc2ccc(F)cc2C)cn1. The minimum Gasteiger partial charge on any atom is -0.312 e. The maximum absolute atomic E-state index is 13.0. The molecule has 0 saturated carbocycles. The van der Waals surface area contributed by atoms with Crippen molar-refractivity contribution in [3.63, 3.8) is 0 Å². The van der Waals surface area contributed by atoms with Crippen LogP contribution in [0.15, 0.2) is 37.2 Å². The van der Waals surface area contributed by atoms with Crippen LogP contribution in [0.1, 0.15) is 16.7 Å². The molecule has 100 valence electrons. The second-order valence-corrected chi connectivity index (χ2v) is 4.51. The van der Waals surface area contributed by atoms with Crippen molar-refractivity contribution in [2.24, 2.45) is 0 Å². The van der Waals surface area contributed by atoms with Crippen LogP contribution >= 0.6 is 0 Å². The van der Waals surface area contributed by atoms with Gasteiger partial charge in [-0.05, 0) is 43.1 Å². The zero-order valence-electron chi connectivity index (χ0n) is 11.1. The molecule has 2 aromatic rings. The van der Waals surface area contributed by atoms with Gasteiger partial charge in [0.15, 0.2) is 0 Å². The minimum absolute atomic E-state index is 0.175. The van der Waals surface area contributed by atoms with E-state index in [1.807, 2.05) is 25.4 Å². The molecule has 0 atom stereocenters. The molecule has 0 saturated heterocycles. The van der Waals surface area contributed by atoms with Gasteiger partial charge in [-0.25, -0.2) is 9.07 Å². The van der Waals surface area contributed by atoms with Gasteiger partial charge < -0.3 is 5.32 Å². The molecule has 19 heavy (non-hydrogen) atoms. The van der Waals surface area contributed by atoms with E-state index in [0.29, 0.717) is 0 Å². The number of nitrogens with one attached hydrogen (secondary N) is 1. The summed E-state index contributed by atoms with van der Waals surface area (Å²) in [4.78, 5) is 0. The fourth-order valence-electron chi connectivity index (χ4n) is 1.96.